The smallest absolute Gasteiger partial charge is 0.306 e. The number of halogens is 1. The summed E-state index contributed by atoms with van der Waals surface area (Å²) < 4.78 is 11.8. The van der Waals surface area contributed by atoms with Crippen LogP contribution in [-0.4, -0.2) is 17.8 Å². The maximum atomic E-state index is 11.8. The van der Waals surface area contributed by atoms with Crippen molar-refractivity contribution in [1.29, 1.82) is 0 Å². The summed E-state index contributed by atoms with van der Waals surface area (Å²) >= 11 is 0. The Labute approximate surface area is 52.7 Å². The maximum absolute atomic E-state index is 11.8. The average Bonchev–Trinajstić information content (AvgIpc) is 1.61. The Balaban J connectivity index is 2.35. The topological polar surface area (TPSA) is 37.3 Å². The molecule has 0 spiro atoms. The lowest BCUT2D eigenvalue weighted by molar-refractivity contribution is -0.148. The Hall–Kier alpha value is -0.600. The zero-order valence-electron chi connectivity index (χ0n) is 5.01. The number of carboxylic acids is 1. The molecule has 0 unspecified atom stereocenters. The van der Waals surface area contributed by atoms with E-state index in [0.717, 1.165) is 6.42 Å². The van der Waals surface area contributed by atoms with Gasteiger partial charge in [0, 0.05) is 5.92 Å². The molecule has 1 aliphatic rings. The summed E-state index contributed by atoms with van der Waals surface area (Å²) in [7, 11) is 0. The van der Waals surface area contributed by atoms with Crippen molar-refractivity contribution >= 4 is 5.97 Å². The van der Waals surface area contributed by atoms with Crippen molar-refractivity contribution in [3.8, 4) is 0 Å². The van der Waals surface area contributed by atoms with Crippen LogP contribution in [0.15, 0.2) is 0 Å². The van der Waals surface area contributed by atoms with Crippen molar-refractivity contribution in [2.75, 3.05) is 6.67 Å². The lowest BCUT2D eigenvalue weighted by Gasteiger charge is -2.30. The van der Waals surface area contributed by atoms with Crippen molar-refractivity contribution in [2.24, 2.45) is 11.8 Å². The Kier molecular flexibility index (Phi) is 1.69. The predicted octanol–water partition coefficient (Wildman–Crippen LogP) is 1.07. The van der Waals surface area contributed by atoms with Crippen molar-refractivity contribution in [3.63, 3.8) is 0 Å². The summed E-state index contributed by atoms with van der Waals surface area (Å²) in [5.74, 6) is -1.43. The van der Waals surface area contributed by atoms with Gasteiger partial charge in [-0.15, -0.1) is 0 Å². The maximum Gasteiger partial charge on any atom is 0.306 e. The van der Waals surface area contributed by atoms with Gasteiger partial charge in [0.15, 0.2) is 0 Å². The second-order valence-electron chi connectivity index (χ2n) is 2.44. The Morgan fingerprint density at radius 3 is 2.44 bits per heavy atom. The van der Waals surface area contributed by atoms with Crippen LogP contribution in [0.25, 0.3) is 0 Å². The van der Waals surface area contributed by atoms with Crippen LogP contribution in [0.2, 0.25) is 0 Å². The van der Waals surface area contributed by atoms with Gasteiger partial charge in [0.05, 0.1) is 12.6 Å². The number of hydrogen-bond acceptors (Lipinski definition) is 1. The van der Waals surface area contributed by atoms with E-state index in [-0.39, 0.29) is 5.92 Å². The molecule has 1 rings (SSSR count). The molecule has 0 amide bonds. The van der Waals surface area contributed by atoms with Crippen LogP contribution < -0.4 is 0 Å². The second-order valence-corrected chi connectivity index (χ2v) is 2.44. The van der Waals surface area contributed by atoms with E-state index >= 15 is 0 Å². The first kappa shape index (κ1) is 6.52. The molecule has 1 fully saturated rings. The first-order chi connectivity index (χ1) is 4.25. The Morgan fingerprint density at radius 1 is 1.67 bits per heavy atom. The fourth-order valence-corrected chi connectivity index (χ4v) is 1.08. The Bertz CT molecular complexity index is 122. The van der Waals surface area contributed by atoms with Gasteiger partial charge in [-0.3, -0.25) is 9.18 Å². The summed E-state index contributed by atoms with van der Waals surface area (Å²) in [6.45, 7) is -0.475. The molecule has 9 heavy (non-hydrogen) atoms. The van der Waals surface area contributed by atoms with Gasteiger partial charge in [0.25, 0.3) is 0 Å². The van der Waals surface area contributed by atoms with Gasteiger partial charge in [-0.1, -0.05) is 0 Å². The van der Waals surface area contributed by atoms with E-state index in [1.165, 1.54) is 0 Å². The van der Waals surface area contributed by atoms with Gasteiger partial charge in [0.2, 0.25) is 0 Å². The standard InChI is InChI=1S/C6H9FO2/c7-3-4-1-2-5(4)6(8)9/h4-5H,1-3H2,(H,8,9)/t4-,5+/m0/s1. The molecule has 0 heterocycles. The third kappa shape index (κ3) is 1.04. The van der Waals surface area contributed by atoms with E-state index < -0.39 is 18.6 Å². The summed E-state index contributed by atoms with van der Waals surface area (Å²) in [6, 6.07) is 0. The number of alkyl halides is 1. The molecule has 1 saturated carbocycles. The quantitative estimate of drug-likeness (QED) is 0.610. The number of carbonyl (C=O) groups is 1. The number of aliphatic carboxylic acids is 1. The van der Waals surface area contributed by atoms with Crippen LogP contribution in [0, 0.1) is 11.8 Å². The van der Waals surface area contributed by atoms with Crippen LogP contribution >= 0.6 is 0 Å². The van der Waals surface area contributed by atoms with E-state index in [2.05, 4.69) is 0 Å². The van der Waals surface area contributed by atoms with Crippen LogP contribution in [0.5, 0.6) is 0 Å². The number of rotatable bonds is 2. The van der Waals surface area contributed by atoms with Gasteiger partial charge in [0.1, 0.15) is 0 Å². The van der Waals surface area contributed by atoms with Crippen LogP contribution in [0.3, 0.4) is 0 Å². The van der Waals surface area contributed by atoms with Gasteiger partial charge in [-0.25, -0.2) is 0 Å². The fraction of sp³-hybridized carbons (Fsp3) is 0.833. The minimum atomic E-state index is -0.844. The number of carboxylic acid groups (broad SMARTS) is 1. The molecular formula is C6H9FO2. The minimum absolute atomic E-state index is 0.192. The highest BCUT2D eigenvalue weighted by Gasteiger charge is 2.36. The molecule has 52 valence electrons. The normalized spacial score (nSPS) is 33.4. The first-order valence-electron chi connectivity index (χ1n) is 3.04. The van der Waals surface area contributed by atoms with Gasteiger partial charge < -0.3 is 5.11 Å². The van der Waals surface area contributed by atoms with Crippen LogP contribution in [-0.2, 0) is 4.79 Å². The molecule has 0 bridgehead atoms. The SMILES string of the molecule is O=C(O)[C@@H]1CC[C@H]1CF. The van der Waals surface area contributed by atoms with Crippen LogP contribution in [0.1, 0.15) is 12.8 Å². The summed E-state index contributed by atoms with van der Waals surface area (Å²) in [6.07, 6.45) is 1.40. The van der Waals surface area contributed by atoms with E-state index in [9.17, 15) is 9.18 Å². The highest BCUT2D eigenvalue weighted by Crippen LogP contribution is 2.34. The lowest BCUT2D eigenvalue weighted by atomic mass is 9.74. The van der Waals surface area contributed by atoms with Crippen molar-refractivity contribution in [3.05, 3.63) is 0 Å². The molecule has 0 aromatic carbocycles. The number of hydrogen-bond donors (Lipinski definition) is 1. The molecule has 0 aliphatic heterocycles. The van der Waals surface area contributed by atoms with E-state index in [4.69, 9.17) is 5.11 Å². The zero-order valence-corrected chi connectivity index (χ0v) is 5.01. The molecule has 0 radical (unpaired) electrons. The van der Waals surface area contributed by atoms with E-state index in [1.807, 2.05) is 0 Å². The van der Waals surface area contributed by atoms with Crippen molar-refractivity contribution in [1.82, 2.24) is 0 Å². The summed E-state index contributed by atoms with van der Waals surface area (Å²) in [5.41, 5.74) is 0. The van der Waals surface area contributed by atoms with Gasteiger partial charge in [-0.05, 0) is 12.8 Å². The largest absolute Gasteiger partial charge is 0.481 e. The Morgan fingerprint density at radius 2 is 2.33 bits per heavy atom. The second kappa shape index (κ2) is 2.33. The van der Waals surface area contributed by atoms with Crippen LogP contribution in [0.4, 0.5) is 4.39 Å². The van der Waals surface area contributed by atoms with E-state index in [0.29, 0.717) is 6.42 Å². The highest BCUT2D eigenvalue weighted by atomic mass is 19.1. The zero-order chi connectivity index (χ0) is 6.85. The molecule has 1 aliphatic carbocycles. The third-order valence-electron chi connectivity index (χ3n) is 1.93. The third-order valence-corrected chi connectivity index (χ3v) is 1.93. The van der Waals surface area contributed by atoms with Crippen molar-refractivity contribution in [2.45, 2.75) is 12.8 Å². The molecular weight excluding hydrogens is 123 g/mol. The molecule has 1 N–H and O–H groups in total. The molecule has 0 aromatic rings. The predicted molar refractivity (Wildman–Crippen MR) is 29.8 cm³/mol. The average molecular weight is 132 g/mol. The molecule has 2 nitrogen and oxygen atoms in total. The molecule has 0 aromatic heterocycles. The van der Waals surface area contributed by atoms with Gasteiger partial charge in [-0.2, -0.15) is 0 Å². The van der Waals surface area contributed by atoms with Crippen molar-refractivity contribution < 1.29 is 14.3 Å². The molecule has 2 atom stereocenters. The fourth-order valence-electron chi connectivity index (χ4n) is 1.08. The van der Waals surface area contributed by atoms with E-state index in [1.54, 1.807) is 0 Å². The monoisotopic (exact) mass is 132 g/mol. The first-order valence-corrected chi connectivity index (χ1v) is 3.04. The lowest BCUT2D eigenvalue weighted by Crippen LogP contribution is -2.33. The summed E-state index contributed by atoms with van der Waals surface area (Å²) in [5, 5.41) is 8.37. The molecule has 0 saturated heterocycles. The van der Waals surface area contributed by atoms with Gasteiger partial charge >= 0.3 is 5.97 Å². The molecule has 3 heteroatoms. The highest BCUT2D eigenvalue weighted by molar-refractivity contribution is 5.71. The summed E-state index contributed by atoms with van der Waals surface area (Å²) in [4.78, 5) is 10.2. The minimum Gasteiger partial charge on any atom is -0.481 e.